The normalized spacial score (nSPS) is 11.2. The molecule has 0 spiro atoms. The van der Waals surface area contributed by atoms with E-state index in [-0.39, 0.29) is 5.84 Å². The Bertz CT molecular complexity index is 765. The number of nitrogens with zero attached hydrogens (tertiary/aromatic N) is 2. The molecule has 0 bridgehead atoms. The summed E-state index contributed by atoms with van der Waals surface area (Å²) in [5.74, 6) is 0.271. The average Bonchev–Trinajstić information content (AvgIpc) is 3.10. The summed E-state index contributed by atoms with van der Waals surface area (Å²) in [5, 5.41) is 5.90. The van der Waals surface area contributed by atoms with E-state index in [1.807, 2.05) is 60.0 Å². The molecule has 0 atom stereocenters. The molecule has 0 radical (unpaired) electrons. The molecule has 4 nitrogen and oxygen atoms in total. The van der Waals surface area contributed by atoms with Gasteiger partial charge in [-0.1, -0.05) is 18.2 Å². The maximum absolute atomic E-state index is 11.2. The number of hydrogen-bond donors (Lipinski definition) is 1. The first kappa shape index (κ1) is 14.2. The predicted octanol–water partition coefficient (Wildman–Crippen LogP) is 4.15. The summed E-state index contributed by atoms with van der Waals surface area (Å²) in [5.41, 5.74) is 2.58. The lowest BCUT2D eigenvalue weighted by Crippen LogP contribution is -2.12. The summed E-state index contributed by atoms with van der Waals surface area (Å²) in [6, 6.07) is 17.1. The van der Waals surface area contributed by atoms with Gasteiger partial charge in [-0.05, 0) is 36.4 Å². The van der Waals surface area contributed by atoms with Crippen molar-refractivity contribution in [1.82, 2.24) is 4.98 Å². The third-order valence-corrected chi connectivity index (χ3v) is 3.78. The summed E-state index contributed by atoms with van der Waals surface area (Å²) in [6.45, 7) is 0. The molecule has 1 aromatic heterocycles. The van der Waals surface area contributed by atoms with Crippen LogP contribution in [0, 0.1) is 0 Å². The summed E-state index contributed by atoms with van der Waals surface area (Å²) in [6.07, 6.45) is 2.49. The standard InChI is InChI=1S/C17H13N3OS/c21-12-16(19-14-4-2-1-3-5-14)20-15-8-6-13(7-9-15)17-18-10-11-22-17/h1-12H,(H,19,20). The first-order valence-electron chi connectivity index (χ1n) is 6.71. The molecular formula is C17H13N3OS. The van der Waals surface area contributed by atoms with Gasteiger partial charge >= 0.3 is 0 Å². The van der Waals surface area contributed by atoms with Crippen molar-refractivity contribution in [3.8, 4) is 10.6 Å². The molecule has 3 rings (SSSR count). The van der Waals surface area contributed by atoms with E-state index < -0.39 is 0 Å². The highest BCUT2D eigenvalue weighted by molar-refractivity contribution is 7.13. The maximum Gasteiger partial charge on any atom is 0.185 e. The van der Waals surface area contributed by atoms with Crippen molar-refractivity contribution < 1.29 is 4.79 Å². The second kappa shape index (κ2) is 6.78. The molecule has 0 saturated heterocycles. The van der Waals surface area contributed by atoms with Crippen molar-refractivity contribution in [1.29, 1.82) is 0 Å². The number of hydrogen-bond acceptors (Lipinski definition) is 4. The van der Waals surface area contributed by atoms with Crippen molar-refractivity contribution in [3.05, 3.63) is 66.2 Å². The summed E-state index contributed by atoms with van der Waals surface area (Å²) in [4.78, 5) is 19.7. The number of carbonyl (C=O) groups excluding carboxylic acids is 1. The maximum atomic E-state index is 11.2. The van der Waals surface area contributed by atoms with Crippen molar-refractivity contribution in [2.24, 2.45) is 4.99 Å². The lowest BCUT2D eigenvalue weighted by Gasteiger charge is -2.04. The Kier molecular flexibility index (Phi) is 4.36. The average molecular weight is 307 g/mol. The Morgan fingerprint density at radius 1 is 1.09 bits per heavy atom. The van der Waals surface area contributed by atoms with Gasteiger partial charge in [0.1, 0.15) is 5.01 Å². The zero-order chi connectivity index (χ0) is 15.2. The number of anilines is 1. The molecule has 0 aliphatic carbocycles. The first-order chi connectivity index (χ1) is 10.8. The number of aromatic nitrogens is 1. The molecule has 2 aromatic carbocycles. The van der Waals surface area contributed by atoms with Crippen LogP contribution in [0.5, 0.6) is 0 Å². The van der Waals surface area contributed by atoms with Gasteiger partial charge in [0, 0.05) is 22.8 Å². The Balaban J connectivity index is 1.79. The summed E-state index contributed by atoms with van der Waals surface area (Å²) >= 11 is 1.59. The van der Waals surface area contributed by atoms with Gasteiger partial charge in [0.15, 0.2) is 12.1 Å². The molecular weight excluding hydrogens is 294 g/mol. The molecule has 0 amide bonds. The number of aldehydes is 1. The van der Waals surface area contributed by atoms with E-state index in [0.29, 0.717) is 12.0 Å². The van der Waals surface area contributed by atoms with Crippen LogP contribution in [0.3, 0.4) is 0 Å². The lowest BCUT2D eigenvalue weighted by molar-refractivity contribution is -0.102. The Hall–Kier alpha value is -2.79. The van der Waals surface area contributed by atoms with Crippen LogP contribution in [0.1, 0.15) is 0 Å². The molecule has 1 heterocycles. The molecule has 0 unspecified atom stereocenters. The molecule has 3 aromatic rings. The molecule has 0 fully saturated rings. The number of thiazole rings is 1. The topological polar surface area (TPSA) is 54.4 Å². The van der Waals surface area contributed by atoms with E-state index in [0.717, 1.165) is 16.3 Å². The van der Waals surface area contributed by atoms with E-state index in [9.17, 15) is 4.79 Å². The van der Waals surface area contributed by atoms with Gasteiger partial charge in [0.05, 0.1) is 5.69 Å². The van der Waals surface area contributed by atoms with Crippen molar-refractivity contribution in [3.63, 3.8) is 0 Å². The van der Waals surface area contributed by atoms with E-state index in [4.69, 9.17) is 0 Å². The third kappa shape index (κ3) is 3.45. The van der Waals surface area contributed by atoms with E-state index in [1.165, 1.54) is 0 Å². The molecule has 1 N–H and O–H groups in total. The highest BCUT2D eigenvalue weighted by Gasteiger charge is 2.02. The van der Waals surface area contributed by atoms with E-state index in [2.05, 4.69) is 15.3 Å². The summed E-state index contributed by atoms with van der Waals surface area (Å²) in [7, 11) is 0. The minimum atomic E-state index is 0.271. The van der Waals surface area contributed by atoms with Crippen LogP contribution in [-0.4, -0.2) is 17.1 Å². The Morgan fingerprint density at radius 3 is 2.50 bits per heavy atom. The van der Waals surface area contributed by atoms with Crippen LogP contribution < -0.4 is 5.32 Å². The molecule has 108 valence electrons. The Labute approximate surface area is 132 Å². The fourth-order valence-corrected chi connectivity index (χ4v) is 2.58. The highest BCUT2D eigenvalue weighted by Crippen LogP contribution is 2.24. The van der Waals surface area contributed by atoms with Crippen molar-refractivity contribution in [2.45, 2.75) is 0 Å². The molecule has 5 heteroatoms. The van der Waals surface area contributed by atoms with Crippen LogP contribution in [0.4, 0.5) is 11.4 Å². The van der Waals surface area contributed by atoms with Crippen molar-refractivity contribution in [2.75, 3.05) is 5.32 Å². The number of aliphatic imine (C=N–C) groups is 1. The molecule has 22 heavy (non-hydrogen) atoms. The number of para-hydroxylation sites is 1. The second-order valence-electron chi connectivity index (χ2n) is 4.49. The van der Waals surface area contributed by atoms with Crippen LogP contribution in [0.25, 0.3) is 10.6 Å². The largest absolute Gasteiger partial charge is 0.337 e. The number of nitrogens with one attached hydrogen (secondary N) is 1. The second-order valence-corrected chi connectivity index (χ2v) is 5.38. The molecule has 0 saturated carbocycles. The zero-order valence-electron chi connectivity index (χ0n) is 11.6. The van der Waals surface area contributed by atoms with Crippen LogP contribution in [0.15, 0.2) is 71.2 Å². The molecule has 0 aliphatic rings. The van der Waals surface area contributed by atoms with Gasteiger partial charge in [-0.15, -0.1) is 11.3 Å². The molecule has 0 aliphatic heterocycles. The van der Waals surface area contributed by atoms with Crippen LogP contribution in [-0.2, 0) is 4.79 Å². The monoisotopic (exact) mass is 307 g/mol. The minimum Gasteiger partial charge on any atom is -0.337 e. The third-order valence-electron chi connectivity index (χ3n) is 2.95. The number of benzene rings is 2. The smallest absolute Gasteiger partial charge is 0.185 e. The van der Waals surface area contributed by atoms with Crippen LogP contribution in [0.2, 0.25) is 0 Å². The van der Waals surface area contributed by atoms with Gasteiger partial charge in [0.2, 0.25) is 0 Å². The number of rotatable bonds is 4. The SMILES string of the molecule is O=CC(=Nc1ccc(-c2nccs2)cc1)Nc1ccccc1. The Morgan fingerprint density at radius 2 is 1.86 bits per heavy atom. The fourth-order valence-electron chi connectivity index (χ4n) is 1.94. The first-order valence-corrected chi connectivity index (χ1v) is 7.59. The van der Waals surface area contributed by atoms with Gasteiger partial charge in [-0.25, -0.2) is 9.98 Å². The number of carbonyl (C=O) groups is 1. The van der Waals surface area contributed by atoms with Gasteiger partial charge in [-0.2, -0.15) is 0 Å². The highest BCUT2D eigenvalue weighted by atomic mass is 32.1. The minimum absolute atomic E-state index is 0.271. The lowest BCUT2D eigenvalue weighted by atomic mass is 10.2. The quantitative estimate of drug-likeness (QED) is 0.447. The van der Waals surface area contributed by atoms with Gasteiger partial charge < -0.3 is 5.32 Å². The fraction of sp³-hybridized carbons (Fsp3) is 0. The van der Waals surface area contributed by atoms with E-state index in [1.54, 1.807) is 17.5 Å². The number of amidine groups is 1. The van der Waals surface area contributed by atoms with Crippen LogP contribution >= 0.6 is 11.3 Å². The zero-order valence-corrected chi connectivity index (χ0v) is 12.5. The van der Waals surface area contributed by atoms with Gasteiger partial charge in [0.25, 0.3) is 0 Å². The van der Waals surface area contributed by atoms with Gasteiger partial charge in [-0.3, -0.25) is 4.79 Å². The predicted molar refractivity (Wildman–Crippen MR) is 90.8 cm³/mol. The van der Waals surface area contributed by atoms with Crippen molar-refractivity contribution >= 4 is 34.8 Å². The summed E-state index contributed by atoms with van der Waals surface area (Å²) < 4.78 is 0. The van der Waals surface area contributed by atoms with E-state index >= 15 is 0 Å².